The molecule has 0 aliphatic carbocycles. The first-order chi connectivity index (χ1) is 8.27. The topological polar surface area (TPSA) is 42.1 Å². The first kappa shape index (κ1) is 14.5. The molecule has 2 N–H and O–H groups in total. The molecule has 1 unspecified atom stereocenters. The van der Waals surface area contributed by atoms with Crippen molar-refractivity contribution in [3.8, 4) is 0 Å². The van der Waals surface area contributed by atoms with Gasteiger partial charge in [-0.2, -0.15) is 11.8 Å². The minimum absolute atomic E-state index is 0.504. The maximum atomic E-state index is 5.82. The first-order valence-electron chi connectivity index (χ1n) is 6.06. The lowest BCUT2D eigenvalue weighted by Crippen LogP contribution is -2.39. The molecule has 0 spiro atoms. The highest BCUT2D eigenvalue weighted by atomic mass is 32.2. The maximum absolute atomic E-state index is 5.82. The fourth-order valence-electron chi connectivity index (χ4n) is 1.81. The summed E-state index contributed by atoms with van der Waals surface area (Å²) >= 11 is 1.89. The van der Waals surface area contributed by atoms with Gasteiger partial charge in [-0.25, -0.2) is 0 Å². The highest BCUT2D eigenvalue weighted by Crippen LogP contribution is 2.07. The lowest BCUT2D eigenvalue weighted by atomic mass is 10.1. The van der Waals surface area contributed by atoms with Crippen LogP contribution in [-0.2, 0) is 6.42 Å². The van der Waals surface area contributed by atoms with Gasteiger partial charge in [0, 0.05) is 31.5 Å². The first-order valence-corrected chi connectivity index (χ1v) is 7.45. The van der Waals surface area contributed by atoms with E-state index in [1.807, 2.05) is 24.2 Å². The summed E-state index contributed by atoms with van der Waals surface area (Å²) in [6.45, 7) is 1.80. The lowest BCUT2D eigenvalue weighted by Gasteiger charge is -2.26. The molecule has 96 valence electrons. The molecule has 1 rings (SSSR count). The Morgan fingerprint density at radius 3 is 2.71 bits per heavy atom. The van der Waals surface area contributed by atoms with E-state index in [1.165, 1.54) is 17.7 Å². The zero-order valence-electron chi connectivity index (χ0n) is 10.8. The van der Waals surface area contributed by atoms with Crippen molar-refractivity contribution in [2.24, 2.45) is 5.73 Å². The molecule has 1 atom stereocenters. The molecule has 17 heavy (non-hydrogen) atoms. The largest absolute Gasteiger partial charge is 0.329 e. The molecule has 0 aliphatic heterocycles. The molecule has 0 aliphatic rings. The SMILES string of the molecule is CSCCC(CN)N(C)CCc1ccncc1. The Labute approximate surface area is 109 Å². The van der Waals surface area contributed by atoms with Crippen LogP contribution in [0.3, 0.4) is 0 Å². The molecule has 0 saturated heterocycles. The summed E-state index contributed by atoms with van der Waals surface area (Å²) < 4.78 is 0. The number of hydrogen-bond donors (Lipinski definition) is 1. The summed E-state index contributed by atoms with van der Waals surface area (Å²) in [7, 11) is 2.17. The fourth-order valence-corrected chi connectivity index (χ4v) is 2.32. The molecular weight excluding hydrogens is 230 g/mol. The molecule has 0 amide bonds. The number of hydrogen-bond acceptors (Lipinski definition) is 4. The predicted octanol–water partition coefficient (Wildman–Crippen LogP) is 1.64. The molecule has 0 bridgehead atoms. The van der Waals surface area contributed by atoms with Gasteiger partial charge >= 0.3 is 0 Å². The van der Waals surface area contributed by atoms with Gasteiger partial charge in [-0.15, -0.1) is 0 Å². The quantitative estimate of drug-likeness (QED) is 0.765. The Kier molecular flexibility index (Phi) is 7.24. The molecule has 4 heteroatoms. The van der Waals surface area contributed by atoms with Gasteiger partial charge in [0.25, 0.3) is 0 Å². The van der Waals surface area contributed by atoms with E-state index in [2.05, 4.69) is 35.3 Å². The summed E-state index contributed by atoms with van der Waals surface area (Å²) in [4.78, 5) is 6.40. The van der Waals surface area contributed by atoms with Crippen LogP contribution in [0.5, 0.6) is 0 Å². The van der Waals surface area contributed by atoms with Crippen LogP contribution in [0.15, 0.2) is 24.5 Å². The predicted molar refractivity (Wildman–Crippen MR) is 76.4 cm³/mol. The van der Waals surface area contributed by atoms with Gasteiger partial charge in [0.2, 0.25) is 0 Å². The smallest absolute Gasteiger partial charge is 0.0270 e. The third kappa shape index (κ3) is 5.52. The summed E-state index contributed by atoms with van der Waals surface area (Å²) in [5, 5.41) is 0. The van der Waals surface area contributed by atoms with Crippen LogP contribution < -0.4 is 5.73 Å². The van der Waals surface area contributed by atoms with E-state index in [-0.39, 0.29) is 0 Å². The third-order valence-electron chi connectivity index (χ3n) is 3.05. The molecule has 0 radical (unpaired) electrons. The number of nitrogens with two attached hydrogens (primary N) is 1. The highest BCUT2D eigenvalue weighted by molar-refractivity contribution is 7.98. The standard InChI is InChI=1S/C13H23N3S/c1-16(13(11-14)6-10-17-2)9-5-12-3-7-15-8-4-12/h3-4,7-8,13H,5-6,9-11,14H2,1-2H3. The van der Waals surface area contributed by atoms with Gasteiger partial charge in [0.05, 0.1) is 0 Å². The summed E-state index contributed by atoms with van der Waals surface area (Å²) in [5.74, 6) is 1.18. The van der Waals surface area contributed by atoms with E-state index in [4.69, 9.17) is 5.73 Å². The monoisotopic (exact) mass is 253 g/mol. The van der Waals surface area contributed by atoms with Crippen molar-refractivity contribution >= 4 is 11.8 Å². The number of rotatable bonds is 8. The van der Waals surface area contributed by atoms with Gasteiger partial charge < -0.3 is 10.6 Å². The number of thioether (sulfide) groups is 1. The lowest BCUT2D eigenvalue weighted by molar-refractivity contribution is 0.245. The Morgan fingerprint density at radius 2 is 2.12 bits per heavy atom. The number of pyridine rings is 1. The van der Waals surface area contributed by atoms with Crippen LogP contribution in [0.2, 0.25) is 0 Å². The zero-order chi connectivity index (χ0) is 12.5. The Balaban J connectivity index is 2.34. The second-order valence-corrected chi connectivity index (χ2v) is 5.24. The van der Waals surface area contributed by atoms with Crippen LogP contribution >= 0.6 is 11.8 Å². The van der Waals surface area contributed by atoms with Gasteiger partial charge in [0.15, 0.2) is 0 Å². The zero-order valence-corrected chi connectivity index (χ0v) is 11.6. The summed E-state index contributed by atoms with van der Waals surface area (Å²) in [6, 6.07) is 4.66. The average molecular weight is 253 g/mol. The van der Waals surface area contributed by atoms with Gasteiger partial charge in [-0.05, 0) is 49.6 Å². The van der Waals surface area contributed by atoms with Crippen LogP contribution in [0.1, 0.15) is 12.0 Å². The molecule has 0 saturated carbocycles. The van der Waals surface area contributed by atoms with Crippen molar-refractivity contribution in [3.63, 3.8) is 0 Å². The normalized spacial score (nSPS) is 12.9. The average Bonchev–Trinajstić information content (AvgIpc) is 2.38. The van der Waals surface area contributed by atoms with Crippen LogP contribution in [0, 0.1) is 0 Å². The molecule has 3 nitrogen and oxygen atoms in total. The molecule has 0 fully saturated rings. The van der Waals surface area contributed by atoms with Crippen molar-refractivity contribution < 1.29 is 0 Å². The van der Waals surface area contributed by atoms with E-state index < -0.39 is 0 Å². The van der Waals surface area contributed by atoms with E-state index in [0.717, 1.165) is 19.5 Å². The Morgan fingerprint density at radius 1 is 1.41 bits per heavy atom. The Bertz CT molecular complexity index is 292. The Hall–Kier alpha value is -0.580. The van der Waals surface area contributed by atoms with Crippen LogP contribution in [0.25, 0.3) is 0 Å². The van der Waals surface area contributed by atoms with Crippen molar-refractivity contribution in [2.45, 2.75) is 18.9 Å². The second-order valence-electron chi connectivity index (χ2n) is 4.26. The van der Waals surface area contributed by atoms with Crippen LogP contribution in [0.4, 0.5) is 0 Å². The summed E-state index contributed by atoms with van der Waals surface area (Å²) in [5.41, 5.74) is 7.16. The second kappa shape index (κ2) is 8.50. The minimum Gasteiger partial charge on any atom is -0.329 e. The van der Waals surface area contributed by atoms with Crippen molar-refractivity contribution in [1.29, 1.82) is 0 Å². The number of nitrogens with zero attached hydrogens (tertiary/aromatic N) is 2. The van der Waals surface area contributed by atoms with E-state index in [9.17, 15) is 0 Å². The van der Waals surface area contributed by atoms with E-state index in [1.54, 1.807) is 0 Å². The van der Waals surface area contributed by atoms with E-state index >= 15 is 0 Å². The minimum atomic E-state index is 0.504. The van der Waals surface area contributed by atoms with Gasteiger partial charge in [-0.3, -0.25) is 4.98 Å². The van der Waals surface area contributed by atoms with Crippen molar-refractivity contribution in [1.82, 2.24) is 9.88 Å². The van der Waals surface area contributed by atoms with Crippen LogP contribution in [-0.4, -0.2) is 48.1 Å². The van der Waals surface area contributed by atoms with E-state index in [0.29, 0.717) is 6.04 Å². The molecule has 0 aromatic carbocycles. The highest BCUT2D eigenvalue weighted by Gasteiger charge is 2.12. The molecule has 1 aromatic rings. The fraction of sp³-hybridized carbons (Fsp3) is 0.615. The number of likely N-dealkylation sites (N-methyl/N-ethyl adjacent to an activating group) is 1. The van der Waals surface area contributed by atoms with Gasteiger partial charge in [0.1, 0.15) is 0 Å². The summed E-state index contributed by atoms with van der Waals surface area (Å²) in [6.07, 6.45) is 8.08. The maximum Gasteiger partial charge on any atom is 0.0270 e. The molecule has 1 heterocycles. The van der Waals surface area contributed by atoms with Gasteiger partial charge in [-0.1, -0.05) is 0 Å². The van der Waals surface area contributed by atoms with Crippen molar-refractivity contribution in [3.05, 3.63) is 30.1 Å². The number of aromatic nitrogens is 1. The van der Waals surface area contributed by atoms with Crippen molar-refractivity contribution in [2.75, 3.05) is 32.1 Å². The molecule has 1 aromatic heterocycles. The third-order valence-corrected chi connectivity index (χ3v) is 3.70. The molecular formula is C13H23N3S.